The number of ether oxygens (including phenoxy) is 1. The molecule has 1 aromatic carbocycles. The van der Waals surface area contributed by atoms with Crippen molar-refractivity contribution >= 4 is 11.0 Å². The van der Waals surface area contributed by atoms with Gasteiger partial charge in [0.05, 0.1) is 23.8 Å². The van der Waals surface area contributed by atoms with Crippen LogP contribution in [0.5, 0.6) is 5.75 Å². The fraction of sp³-hybridized carbons (Fsp3) is 0.278. The second kappa shape index (κ2) is 4.92. The molecule has 1 aliphatic rings. The van der Waals surface area contributed by atoms with Crippen LogP contribution in [-0.2, 0) is 12.8 Å². The van der Waals surface area contributed by atoms with E-state index in [0.717, 1.165) is 35.4 Å². The van der Waals surface area contributed by atoms with Crippen molar-refractivity contribution in [1.29, 1.82) is 0 Å². The van der Waals surface area contributed by atoms with E-state index >= 15 is 0 Å². The zero-order chi connectivity index (χ0) is 14.2. The van der Waals surface area contributed by atoms with Gasteiger partial charge in [-0.1, -0.05) is 0 Å². The first-order valence-corrected chi connectivity index (χ1v) is 7.50. The van der Waals surface area contributed by atoms with Gasteiger partial charge in [0.25, 0.3) is 0 Å². The van der Waals surface area contributed by atoms with Gasteiger partial charge in [-0.2, -0.15) is 0 Å². The lowest BCUT2D eigenvalue weighted by Gasteiger charge is -2.10. The van der Waals surface area contributed by atoms with E-state index in [1.807, 2.05) is 12.1 Å². The second-order valence-corrected chi connectivity index (χ2v) is 5.61. The number of aryl methyl sites for hydroxylation is 2. The molecular weight excluding hydrogens is 260 g/mol. The van der Waals surface area contributed by atoms with Crippen molar-refractivity contribution in [1.82, 2.24) is 9.97 Å². The van der Waals surface area contributed by atoms with Gasteiger partial charge in [-0.25, -0.2) is 4.98 Å². The van der Waals surface area contributed by atoms with E-state index in [0.29, 0.717) is 0 Å². The lowest BCUT2D eigenvalue weighted by Crippen LogP contribution is -2.00. The van der Waals surface area contributed by atoms with E-state index in [1.54, 1.807) is 7.11 Å². The number of H-pyrrole nitrogens is 1. The maximum absolute atomic E-state index is 5.21. The van der Waals surface area contributed by atoms with E-state index in [2.05, 4.69) is 29.2 Å². The molecule has 2 aromatic heterocycles. The third-order valence-corrected chi connectivity index (χ3v) is 4.32. The van der Waals surface area contributed by atoms with Crippen molar-refractivity contribution in [3.05, 3.63) is 47.7 Å². The molecule has 21 heavy (non-hydrogen) atoms. The molecule has 0 atom stereocenters. The lowest BCUT2D eigenvalue weighted by atomic mass is 9.97. The van der Waals surface area contributed by atoms with Crippen LogP contribution in [0.15, 0.2) is 36.4 Å². The van der Waals surface area contributed by atoms with E-state index in [4.69, 9.17) is 9.72 Å². The number of fused-ring (bicyclic) bond motifs is 3. The monoisotopic (exact) mass is 278 g/mol. The number of aromatic nitrogens is 2. The molecule has 0 saturated heterocycles. The van der Waals surface area contributed by atoms with Crippen molar-refractivity contribution in [2.45, 2.75) is 25.7 Å². The van der Waals surface area contributed by atoms with E-state index < -0.39 is 0 Å². The minimum Gasteiger partial charge on any atom is -0.497 e. The molecule has 0 radical (unpaired) electrons. The quantitative estimate of drug-likeness (QED) is 0.765. The Bertz CT molecular complexity index is 787. The smallest absolute Gasteiger partial charge is 0.118 e. The standard InChI is InChI=1S/C18H18N2O/c1-21-13-8-6-12(7-9-13)15-10-11-17-18(20-15)14-4-2-3-5-16(14)19-17/h6-11,19H,2-5H2,1H3. The van der Waals surface area contributed by atoms with Crippen LogP contribution in [0.25, 0.3) is 22.3 Å². The predicted octanol–water partition coefficient (Wildman–Crippen LogP) is 4.12. The highest BCUT2D eigenvalue weighted by atomic mass is 16.5. The van der Waals surface area contributed by atoms with Crippen molar-refractivity contribution < 1.29 is 4.74 Å². The number of nitrogens with one attached hydrogen (secondary N) is 1. The van der Waals surface area contributed by atoms with Gasteiger partial charge in [0.1, 0.15) is 5.75 Å². The molecule has 0 saturated carbocycles. The molecule has 0 fully saturated rings. The first-order valence-electron chi connectivity index (χ1n) is 7.50. The summed E-state index contributed by atoms with van der Waals surface area (Å²) in [6.45, 7) is 0. The fourth-order valence-electron chi connectivity index (χ4n) is 3.18. The van der Waals surface area contributed by atoms with Crippen LogP contribution in [-0.4, -0.2) is 17.1 Å². The number of pyridine rings is 1. The molecule has 0 amide bonds. The number of rotatable bonds is 2. The van der Waals surface area contributed by atoms with Gasteiger partial charge in [0.2, 0.25) is 0 Å². The number of aromatic amines is 1. The zero-order valence-corrected chi connectivity index (χ0v) is 12.1. The normalized spacial score (nSPS) is 14.1. The number of benzene rings is 1. The summed E-state index contributed by atoms with van der Waals surface area (Å²) in [4.78, 5) is 8.43. The third-order valence-electron chi connectivity index (χ3n) is 4.32. The summed E-state index contributed by atoms with van der Waals surface area (Å²) in [5, 5.41) is 0. The molecule has 0 unspecified atom stereocenters. The molecule has 3 nitrogen and oxygen atoms in total. The molecule has 0 bridgehead atoms. The van der Waals surface area contributed by atoms with Crippen LogP contribution in [0, 0.1) is 0 Å². The van der Waals surface area contributed by atoms with E-state index in [1.165, 1.54) is 29.6 Å². The first-order chi connectivity index (χ1) is 10.3. The Balaban J connectivity index is 1.82. The van der Waals surface area contributed by atoms with Crippen molar-refractivity contribution in [3.8, 4) is 17.0 Å². The van der Waals surface area contributed by atoms with Crippen LogP contribution in [0.3, 0.4) is 0 Å². The first kappa shape index (κ1) is 12.5. The SMILES string of the molecule is COc1ccc(-c2ccc3[nH]c4c(c3n2)CCCC4)cc1. The molecule has 3 aromatic rings. The van der Waals surface area contributed by atoms with Crippen LogP contribution >= 0.6 is 0 Å². The third kappa shape index (κ3) is 2.09. The summed E-state index contributed by atoms with van der Waals surface area (Å²) in [6, 6.07) is 12.3. The predicted molar refractivity (Wildman–Crippen MR) is 84.7 cm³/mol. The average Bonchev–Trinajstić information content (AvgIpc) is 2.93. The summed E-state index contributed by atoms with van der Waals surface area (Å²) >= 11 is 0. The highest BCUT2D eigenvalue weighted by Gasteiger charge is 2.16. The highest BCUT2D eigenvalue weighted by Crippen LogP contribution is 2.30. The minimum atomic E-state index is 0.874. The maximum Gasteiger partial charge on any atom is 0.118 e. The van der Waals surface area contributed by atoms with Gasteiger partial charge in [0, 0.05) is 11.3 Å². The van der Waals surface area contributed by atoms with Crippen LogP contribution < -0.4 is 4.74 Å². The fourth-order valence-corrected chi connectivity index (χ4v) is 3.18. The largest absolute Gasteiger partial charge is 0.497 e. The van der Waals surface area contributed by atoms with Crippen LogP contribution in [0.2, 0.25) is 0 Å². The Morgan fingerprint density at radius 1 is 1.00 bits per heavy atom. The van der Waals surface area contributed by atoms with Gasteiger partial charge in [-0.05, 0) is 67.6 Å². The molecule has 1 aliphatic carbocycles. The van der Waals surface area contributed by atoms with E-state index in [9.17, 15) is 0 Å². The lowest BCUT2D eigenvalue weighted by molar-refractivity contribution is 0.415. The summed E-state index contributed by atoms with van der Waals surface area (Å²) in [6.07, 6.45) is 4.86. The Hall–Kier alpha value is -2.29. The Morgan fingerprint density at radius 2 is 1.81 bits per heavy atom. The Kier molecular flexibility index (Phi) is 2.92. The average molecular weight is 278 g/mol. The second-order valence-electron chi connectivity index (χ2n) is 5.61. The molecule has 4 rings (SSSR count). The molecule has 106 valence electrons. The van der Waals surface area contributed by atoms with E-state index in [-0.39, 0.29) is 0 Å². The molecule has 0 spiro atoms. The zero-order valence-electron chi connectivity index (χ0n) is 12.1. The van der Waals surface area contributed by atoms with Crippen molar-refractivity contribution in [3.63, 3.8) is 0 Å². The Labute approximate surface area is 124 Å². The maximum atomic E-state index is 5.21. The van der Waals surface area contributed by atoms with Gasteiger partial charge < -0.3 is 9.72 Å². The molecule has 0 aliphatic heterocycles. The summed E-state index contributed by atoms with van der Waals surface area (Å²) < 4.78 is 5.21. The summed E-state index contributed by atoms with van der Waals surface area (Å²) in [5.74, 6) is 0.874. The Morgan fingerprint density at radius 3 is 2.62 bits per heavy atom. The molecule has 2 heterocycles. The number of hydrogen-bond donors (Lipinski definition) is 1. The number of hydrogen-bond acceptors (Lipinski definition) is 2. The minimum absolute atomic E-state index is 0.874. The number of methoxy groups -OCH3 is 1. The van der Waals surface area contributed by atoms with Gasteiger partial charge in [0.15, 0.2) is 0 Å². The van der Waals surface area contributed by atoms with Gasteiger partial charge in [-0.3, -0.25) is 0 Å². The topological polar surface area (TPSA) is 37.9 Å². The molecular formula is C18H18N2O. The highest BCUT2D eigenvalue weighted by molar-refractivity contribution is 5.83. The summed E-state index contributed by atoms with van der Waals surface area (Å²) in [5.41, 5.74) is 7.28. The summed E-state index contributed by atoms with van der Waals surface area (Å²) in [7, 11) is 1.69. The van der Waals surface area contributed by atoms with Crippen LogP contribution in [0.4, 0.5) is 0 Å². The molecule has 1 N–H and O–H groups in total. The van der Waals surface area contributed by atoms with Crippen molar-refractivity contribution in [2.75, 3.05) is 7.11 Å². The van der Waals surface area contributed by atoms with Crippen LogP contribution in [0.1, 0.15) is 24.1 Å². The van der Waals surface area contributed by atoms with Crippen molar-refractivity contribution in [2.24, 2.45) is 0 Å². The number of nitrogens with zero attached hydrogens (tertiary/aromatic N) is 1. The van der Waals surface area contributed by atoms with Gasteiger partial charge in [-0.15, -0.1) is 0 Å². The molecule has 3 heteroatoms. The van der Waals surface area contributed by atoms with Gasteiger partial charge >= 0.3 is 0 Å².